The second-order valence-electron chi connectivity index (χ2n) is 6.27. The van der Waals surface area contributed by atoms with Gasteiger partial charge in [0.15, 0.2) is 0 Å². The minimum Gasteiger partial charge on any atom is -0.495 e. The van der Waals surface area contributed by atoms with Crippen molar-refractivity contribution >= 4 is 44.0 Å². The number of hydrogen-bond acceptors (Lipinski definition) is 5. The number of nitrogens with one attached hydrogen (secondary N) is 1. The maximum Gasteiger partial charge on any atom is 0.423 e. The summed E-state index contributed by atoms with van der Waals surface area (Å²) in [7, 11) is 1.55. The fraction of sp³-hybridized carbons (Fsp3) is 0.312. The lowest BCUT2D eigenvalue weighted by Crippen LogP contribution is -2.32. The van der Waals surface area contributed by atoms with Crippen molar-refractivity contribution in [3.8, 4) is 5.75 Å². The number of hydrogen-bond donors (Lipinski definition) is 1. The molecule has 1 N–H and O–H groups in total. The highest BCUT2D eigenvalue weighted by atomic mass is 79.9. The summed E-state index contributed by atoms with van der Waals surface area (Å²) in [5, 5.41) is 0.629. The molecule has 0 unspecified atom stereocenters. The van der Waals surface area contributed by atoms with Gasteiger partial charge in [-0.3, -0.25) is 4.98 Å². The molecule has 0 saturated carbocycles. The van der Waals surface area contributed by atoms with E-state index in [1.54, 1.807) is 40.0 Å². The predicted octanol–water partition coefficient (Wildman–Crippen LogP) is 3.43. The number of ether oxygens (including phenoxy) is 2. The summed E-state index contributed by atoms with van der Waals surface area (Å²) in [4.78, 5) is 31.7. The van der Waals surface area contributed by atoms with Gasteiger partial charge in [0.1, 0.15) is 11.4 Å². The van der Waals surface area contributed by atoms with Gasteiger partial charge in [-0.15, -0.1) is 0 Å². The van der Waals surface area contributed by atoms with E-state index in [2.05, 4.69) is 25.9 Å². The third kappa shape index (κ3) is 2.77. The molecule has 0 bridgehead atoms. The van der Waals surface area contributed by atoms with E-state index in [-0.39, 0.29) is 0 Å². The van der Waals surface area contributed by atoms with E-state index in [0.717, 1.165) is 4.57 Å². The Balaban J connectivity index is 2.34. The maximum atomic E-state index is 12.5. The molecule has 0 amide bonds. The molecular weight excluding hydrogens is 378 g/mol. The molecule has 0 saturated heterocycles. The number of carbonyl (C=O) groups is 1. The van der Waals surface area contributed by atoms with Gasteiger partial charge >= 0.3 is 11.8 Å². The first-order valence-corrected chi connectivity index (χ1v) is 8.01. The van der Waals surface area contributed by atoms with Crippen molar-refractivity contribution in [2.75, 3.05) is 7.11 Å². The largest absolute Gasteiger partial charge is 0.495 e. The Bertz CT molecular complexity index is 1010. The van der Waals surface area contributed by atoms with Crippen molar-refractivity contribution in [2.24, 2.45) is 0 Å². The van der Waals surface area contributed by atoms with Crippen LogP contribution in [0, 0.1) is 0 Å². The number of H-pyrrole nitrogens is 1. The van der Waals surface area contributed by atoms with Gasteiger partial charge in [0.2, 0.25) is 0 Å². The van der Waals surface area contributed by atoms with Crippen LogP contribution in [0.5, 0.6) is 5.75 Å². The molecule has 24 heavy (non-hydrogen) atoms. The van der Waals surface area contributed by atoms with Crippen LogP contribution >= 0.6 is 15.9 Å². The van der Waals surface area contributed by atoms with Crippen LogP contribution < -0.4 is 10.4 Å². The molecule has 126 valence electrons. The monoisotopic (exact) mass is 393 g/mol. The second kappa shape index (κ2) is 5.62. The Kier molecular flexibility index (Phi) is 3.87. The topological polar surface area (TPSA) is 86.2 Å². The molecule has 0 aliphatic carbocycles. The van der Waals surface area contributed by atoms with Gasteiger partial charge in [-0.2, -0.15) is 4.57 Å². The summed E-state index contributed by atoms with van der Waals surface area (Å²) >= 11 is 3.41. The fourth-order valence-corrected chi connectivity index (χ4v) is 2.93. The number of rotatable bonds is 1. The van der Waals surface area contributed by atoms with Crippen LogP contribution in [0.25, 0.3) is 21.9 Å². The number of benzene rings is 1. The molecule has 8 heteroatoms. The number of methoxy groups -OCH3 is 1. The van der Waals surface area contributed by atoms with E-state index in [1.807, 2.05) is 0 Å². The van der Waals surface area contributed by atoms with Crippen molar-refractivity contribution < 1.29 is 14.3 Å². The van der Waals surface area contributed by atoms with E-state index in [4.69, 9.17) is 9.47 Å². The van der Waals surface area contributed by atoms with Gasteiger partial charge in [-0.25, -0.2) is 9.59 Å². The minimum atomic E-state index is -0.738. The smallest absolute Gasteiger partial charge is 0.423 e. The van der Waals surface area contributed by atoms with Crippen molar-refractivity contribution in [3.63, 3.8) is 0 Å². The molecule has 3 aromatic rings. The third-order valence-electron chi connectivity index (χ3n) is 3.36. The van der Waals surface area contributed by atoms with E-state index in [1.165, 1.54) is 6.20 Å². The number of aromatic amines is 1. The quantitative estimate of drug-likeness (QED) is 0.684. The molecule has 0 spiro atoms. The first-order chi connectivity index (χ1) is 11.2. The molecule has 3 rings (SSSR count). The van der Waals surface area contributed by atoms with Crippen molar-refractivity contribution in [1.29, 1.82) is 0 Å². The van der Waals surface area contributed by atoms with E-state index in [9.17, 15) is 9.59 Å². The van der Waals surface area contributed by atoms with Crippen LogP contribution in [0.2, 0.25) is 0 Å². The molecule has 2 heterocycles. The summed E-state index contributed by atoms with van der Waals surface area (Å²) in [6.45, 7) is 5.23. The number of imidazole rings is 1. The Morgan fingerprint density at radius 2 is 2.04 bits per heavy atom. The lowest BCUT2D eigenvalue weighted by Gasteiger charge is -2.19. The molecule has 0 aliphatic rings. The molecule has 7 nitrogen and oxygen atoms in total. The zero-order valence-corrected chi connectivity index (χ0v) is 15.2. The standard InChI is InChI=1S/C16H16BrN3O4/c1-16(2,3)24-15(22)20-13-8-5-9(17)12(23-4)6-10(8)18-7-11(13)19-14(20)21/h5-7H,1-4H3,(H,19,21). The number of pyridine rings is 1. The summed E-state index contributed by atoms with van der Waals surface area (Å²) in [6.07, 6.45) is 0.769. The van der Waals surface area contributed by atoms with Crippen LogP contribution in [-0.4, -0.2) is 33.3 Å². The first-order valence-electron chi connectivity index (χ1n) is 7.21. The second-order valence-corrected chi connectivity index (χ2v) is 7.12. The number of fused-ring (bicyclic) bond motifs is 3. The van der Waals surface area contributed by atoms with Crippen LogP contribution in [-0.2, 0) is 4.74 Å². The minimum absolute atomic E-state index is 0.419. The van der Waals surface area contributed by atoms with E-state index in [0.29, 0.717) is 32.2 Å². The van der Waals surface area contributed by atoms with Crippen molar-refractivity contribution in [3.05, 3.63) is 33.3 Å². The van der Waals surface area contributed by atoms with Gasteiger partial charge < -0.3 is 14.5 Å². The Morgan fingerprint density at radius 1 is 1.33 bits per heavy atom. The summed E-state index contributed by atoms with van der Waals surface area (Å²) in [6, 6.07) is 3.49. The summed E-state index contributed by atoms with van der Waals surface area (Å²) < 4.78 is 12.3. The molecule has 0 fully saturated rings. The molecule has 0 atom stereocenters. The zero-order valence-electron chi connectivity index (χ0n) is 13.6. The number of nitrogens with zero attached hydrogens (tertiary/aromatic N) is 2. The number of carbonyl (C=O) groups excluding carboxylic acids is 1. The number of aromatic nitrogens is 3. The van der Waals surface area contributed by atoms with Crippen molar-refractivity contribution in [2.45, 2.75) is 26.4 Å². The van der Waals surface area contributed by atoms with E-state index < -0.39 is 17.4 Å². The predicted molar refractivity (Wildman–Crippen MR) is 93.7 cm³/mol. The van der Waals surface area contributed by atoms with Crippen LogP contribution in [0.4, 0.5) is 4.79 Å². The number of halogens is 1. The zero-order chi connectivity index (χ0) is 17.6. The molecular formula is C16H16BrN3O4. The lowest BCUT2D eigenvalue weighted by atomic mass is 10.2. The average Bonchev–Trinajstić information content (AvgIpc) is 2.81. The highest BCUT2D eigenvalue weighted by Gasteiger charge is 2.23. The summed E-state index contributed by atoms with van der Waals surface area (Å²) in [5.41, 5.74) is 0.185. The van der Waals surface area contributed by atoms with Gasteiger partial charge in [-0.05, 0) is 42.8 Å². The van der Waals surface area contributed by atoms with Crippen molar-refractivity contribution in [1.82, 2.24) is 14.5 Å². The van der Waals surface area contributed by atoms with Gasteiger partial charge in [0.25, 0.3) is 0 Å². The molecule has 2 aromatic heterocycles. The molecule has 1 aromatic carbocycles. The Hall–Kier alpha value is -2.35. The summed E-state index contributed by atoms with van der Waals surface area (Å²) in [5.74, 6) is 0.607. The van der Waals surface area contributed by atoms with Crippen LogP contribution in [0.1, 0.15) is 20.8 Å². The molecule has 0 aliphatic heterocycles. The van der Waals surface area contributed by atoms with Gasteiger partial charge in [0, 0.05) is 11.5 Å². The highest BCUT2D eigenvalue weighted by molar-refractivity contribution is 9.10. The van der Waals surface area contributed by atoms with Crippen LogP contribution in [0.15, 0.2) is 27.6 Å². The van der Waals surface area contributed by atoms with Gasteiger partial charge in [0.05, 0.1) is 34.3 Å². The first kappa shape index (κ1) is 16.5. The van der Waals surface area contributed by atoms with E-state index >= 15 is 0 Å². The third-order valence-corrected chi connectivity index (χ3v) is 3.98. The molecule has 0 radical (unpaired) electrons. The van der Waals surface area contributed by atoms with Crippen LogP contribution in [0.3, 0.4) is 0 Å². The SMILES string of the molecule is COc1cc2ncc3[nH]c(=O)n(C(=O)OC(C)(C)C)c3c2cc1Br. The van der Waals surface area contributed by atoms with Gasteiger partial charge in [-0.1, -0.05) is 0 Å². The Morgan fingerprint density at radius 3 is 2.67 bits per heavy atom. The lowest BCUT2D eigenvalue weighted by molar-refractivity contribution is 0.0539. The fourth-order valence-electron chi connectivity index (χ4n) is 2.42. The Labute approximate surface area is 145 Å². The maximum absolute atomic E-state index is 12.5. The average molecular weight is 394 g/mol. The highest BCUT2D eigenvalue weighted by Crippen LogP contribution is 2.32. The normalized spacial score (nSPS) is 11.9.